The van der Waals surface area contributed by atoms with E-state index in [4.69, 9.17) is 0 Å². The van der Waals surface area contributed by atoms with Crippen molar-refractivity contribution in [2.75, 3.05) is 11.4 Å². The van der Waals surface area contributed by atoms with Crippen LogP contribution < -0.4 is 4.90 Å². The standard InChI is InChI=1S/C19H14N4O3/c24-19(13-5-7-15(8-6-13)23(25)26)22-10-9-14-11-20-12-21-18(14)16-3-1-2-4-17(16)22/h1-8,11-12H,9-10H2. The third kappa shape index (κ3) is 2.69. The monoisotopic (exact) mass is 346 g/mol. The zero-order valence-corrected chi connectivity index (χ0v) is 13.7. The Labute approximate surface area is 149 Å². The Hall–Kier alpha value is -3.61. The van der Waals surface area contributed by atoms with Crippen molar-refractivity contribution < 1.29 is 9.72 Å². The van der Waals surface area contributed by atoms with Crippen LogP contribution in [0.1, 0.15) is 15.9 Å². The minimum Gasteiger partial charge on any atom is -0.307 e. The maximum absolute atomic E-state index is 13.1. The van der Waals surface area contributed by atoms with E-state index in [1.807, 2.05) is 24.3 Å². The Morgan fingerprint density at radius 1 is 1.12 bits per heavy atom. The second-order valence-electron chi connectivity index (χ2n) is 5.92. The summed E-state index contributed by atoms with van der Waals surface area (Å²) >= 11 is 0. The fourth-order valence-corrected chi connectivity index (χ4v) is 3.14. The number of anilines is 1. The smallest absolute Gasteiger partial charge is 0.269 e. The van der Waals surface area contributed by atoms with E-state index >= 15 is 0 Å². The van der Waals surface area contributed by atoms with Crippen LogP contribution >= 0.6 is 0 Å². The molecule has 7 heteroatoms. The van der Waals surface area contributed by atoms with Gasteiger partial charge in [0, 0.05) is 36.0 Å². The molecule has 0 radical (unpaired) electrons. The molecule has 1 aliphatic rings. The van der Waals surface area contributed by atoms with Gasteiger partial charge in [-0.3, -0.25) is 14.9 Å². The normalized spacial score (nSPS) is 12.7. The maximum Gasteiger partial charge on any atom is 0.269 e. The number of aromatic nitrogens is 2. The van der Waals surface area contributed by atoms with Crippen LogP contribution in [0.5, 0.6) is 0 Å². The first kappa shape index (κ1) is 15.9. The lowest BCUT2D eigenvalue weighted by atomic mass is 10.1. The number of para-hydroxylation sites is 1. The molecule has 1 amide bonds. The number of carbonyl (C=O) groups is 1. The molecule has 3 aromatic rings. The average molecular weight is 346 g/mol. The highest BCUT2D eigenvalue weighted by molar-refractivity contribution is 6.08. The topological polar surface area (TPSA) is 89.2 Å². The van der Waals surface area contributed by atoms with Crippen LogP contribution in [0.2, 0.25) is 0 Å². The summed E-state index contributed by atoms with van der Waals surface area (Å²) in [6, 6.07) is 13.3. The van der Waals surface area contributed by atoms with E-state index in [1.165, 1.54) is 30.6 Å². The van der Waals surface area contributed by atoms with Gasteiger partial charge in [-0.1, -0.05) is 18.2 Å². The van der Waals surface area contributed by atoms with Gasteiger partial charge in [-0.05, 0) is 30.2 Å². The zero-order valence-electron chi connectivity index (χ0n) is 13.7. The molecule has 0 saturated heterocycles. The minimum atomic E-state index is -0.481. The van der Waals surface area contributed by atoms with Crippen molar-refractivity contribution in [3.63, 3.8) is 0 Å². The molecular formula is C19H14N4O3. The Morgan fingerprint density at radius 2 is 1.88 bits per heavy atom. The Balaban J connectivity index is 1.76. The van der Waals surface area contributed by atoms with Gasteiger partial charge in [0.25, 0.3) is 11.6 Å². The summed E-state index contributed by atoms with van der Waals surface area (Å²) in [5, 5.41) is 10.8. The summed E-state index contributed by atoms with van der Waals surface area (Å²) in [7, 11) is 0. The number of nitro groups is 1. The van der Waals surface area contributed by atoms with Gasteiger partial charge in [0.05, 0.1) is 16.3 Å². The van der Waals surface area contributed by atoms with Gasteiger partial charge in [0.1, 0.15) is 6.33 Å². The molecule has 0 bridgehead atoms. The number of benzene rings is 2. The number of rotatable bonds is 2. The van der Waals surface area contributed by atoms with Crippen LogP contribution in [0.25, 0.3) is 11.3 Å². The van der Waals surface area contributed by atoms with Gasteiger partial charge in [0.15, 0.2) is 0 Å². The summed E-state index contributed by atoms with van der Waals surface area (Å²) in [5.74, 6) is -0.201. The highest BCUT2D eigenvalue weighted by Crippen LogP contribution is 2.35. The molecule has 0 aliphatic carbocycles. The van der Waals surface area contributed by atoms with E-state index in [1.54, 1.807) is 11.1 Å². The molecule has 0 saturated carbocycles. The lowest BCUT2D eigenvalue weighted by Crippen LogP contribution is -2.32. The molecule has 0 fully saturated rings. The van der Waals surface area contributed by atoms with Crippen LogP contribution in [0.4, 0.5) is 11.4 Å². The molecule has 26 heavy (non-hydrogen) atoms. The molecule has 1 aromatic heterocycles. The second kappa shape index (κ2) is 6.36. The van der Waals surface area contributed by atoms with Crippen LogP contribution in [-0.4, -0.2) is 27.3 Å². The first-order valence-corrected chi connectivity index (χ1v) is 8.10. The molecule has 128 valence electrons. The fraction of sp³-hybridized carbons (Fsp3) is 0.105. The largest absolute Gasteiger partial charge is 0.307 e. The SMILES string of the molecule is O=C(c1ccc([N+](=O)[O-])cc1)N1CCc2cncnc2-c2ccccc21. The lowest BCUT2D eigenvalue weighted by Gasteiger charge is -2.22. The van der Waals surface area contributed by atoms with Gasteiger partial charge >= 0.3 is 0 Å². The third-order valence-electron chi connectivity index (χ3n) is 4.41. The van der Waals surface area contributed by atoms with Crippen molar-refractivity contribution >= 4 is 17.3 Å². The predicted octanol–water partition coefficient (Wildman–Crippen LogP) is 3.25. The quantitative estimate of drug-likeness (QED) is 0.525. The first-order chi connectivity index (χ1) is 12.6. The molecule has 2 heterocycles. The van der Waals surface area contributed by atoms with E-state index in [9.17, 15) is 14.9 Å². The fourth-order valence-electron chi connectivity index (χ4n) is 3.14. The number of carbonyl (C=O) groups excluding carboxylic acids is 1. The van der Waals surface area contributed by atoms with E-state index in [0.717, 1.165) is 22.5 Å². The molecule has 4 rings (SSSR count). The lowest BCUT2D eigenvalue weighted by molar-refractivity contribution is -0.384. The molecular weight excluding hydrogens is 332 g/mol. The summed E-state index contributed by atoms with van der Waals surface area (Å²) in [4.78, 5) is 33.6. The van der Waals surface area contributed by atoms with Crippen LogP contribution in [0.3, 0.4) is 0 Å². The Morgan fingerprint density at radius 3 is 2.65 bits per heavy atom. The van der Waals surface area contributed by atoms with Gasteiger partial charge in [-0.25, -0.2) is 9.97 Å². The number of nitrogens with zero attached hydrogens (tertiary/aromatic N) is 4. The number of amides is 1. The number of fused-ring (bicyclic) bond motifs is 3. The summed E-state index contributed by atoms with van der Waals surface area (Å²) < 4.78 is 0. The van der Waals surface area contributed by atoms with Crippen molar-refractivity contribution in [2.45, 2.75) is 6.42 Å². The van der Waals surface area contributed by atoms with Gasteiger partial charge in [-0.15, -0.1) is 0 Å². The van der Waals surface area contributed by atoms with Gasteiger partial charge < -0.3 is 4.90 Å². The third-order valence-corrected chi connectivity index (χ3v) is 4.41. The van der Waals surface area contributed by atoms with Crippen LogP contribution in [-0.2, 0) is 6.42 Å². The molecule has 1 aliphatic heterocycles. The minimum absolute atomic E-state index is 0.0412. The highest BCUT2D eigenvalue weighted by Gasteiger charge is 2.25. The van der Waals surface area contributed by atoms with Gasteiger partial charge in [-0.2, -0.15) is 0 Å². The molecule has 0 unspecified atom stereocenters. The average Bonchev–Trinajstić information content (AvgIpc) is 2.85. The highest BCUT2D eigenvalue weighted by atomic mass is 16.6. The summed E-state index contributed by atoms with van der Waals surface area (Å²) in [5.41, 5.74) is 3.82. The number of nitro benzene ring substituents is 1. The zero-order chi connectivity index (χ0) is 18.1. The van der Waals surface area contributed by atoms with Crippen molar-refractivity contribution in [3.05, 3.63) is 82.3 Å². The van der Waals surface area contributed by atoms with Crippen molar-refractivity contribution in [1.29, 1.82) is 0 Å². The van der Waals surface area contributed by atoms with E-state index < -0.39 is 4.92 Å². The second-order valence-corrected chi connectivity index (χ2v) is 5.92. The summed E-state index contributed by atoms with van der Waals surface area (Å²) in [6.45, 7) is 0.479. The van der Waals surface area contributed by atoms with E-state index in [-0.39, 0.29) is 11.6 Å². The number of hydrogen-bond donors (Lipinski definition) is 0. The van der Waals surface area contributed by atoms with Crippen LogP contribution in [0.15, 0.2) is 61.1 Å². The van der Waals surface area contributed by atoms with Crippen LogP contribution in [0, 0.1) is 10.1 Å². The predicted molar refractivity (Wildman–Crippen MR) is 95.9 cm³/mol. The van der Waals surface area contributed by atoms with E-state index in [0.29, 0.717) is 18.5 Å². The van der Waals surface area contributed by atoms with E-state index in [2.05, 4.69) is 9.97 Å². The number of hydrogen-bond acceptors (Lipinski definition) is 5. The van der Waals surface area contributed by atoms with Gasteiger partial charge in [0.2, 0.25) is 0 Å². The molecule has 0 atom stereocenters. The van der Waals surface area contributed by atoms with Crippen molar-refractivity contribution in [3.8, 4) is 11.3 Å². The first-order valence-electron chi connectivity index (χ1n) is 8.10. The maximum atomic E-state index is 13.1. The Bertz CT molecular complexity index is 1000. The van der Waals surface area contributed by atoms with Crippen molar-refractivity contribution in [1.82, 2.24) is 9.97 Å². The number of non-ortho nitro benzene ring substituents is 1. The van der Waals surface area contributed by atoms with Crippen molar-refractivity contribution in [2.24, 2.45) is 0 Å². The summed E-state index contributed by atoms with van der Waals surface area (Å²) in [6.07, 6.45) is 3.91. The molecule has 7 nitrogen and oxygen atoms in total. The molecule has 2 aromatic carbocycles. The Kier molecular flexibility index (Phi) is 3.89. The molecule has 0 spiro atoms. The molecule has 0 N–H and O–H groups in total.